The molecule has 0 aliphatic rings. The molecule has 0 aliphatic carbocycles. The molecule has 0 amide bonds. The van der Waals surface area contributed by atoms with Gasteiger partial charge in [-0.25, -0.2) is 0 Å². The van der Waals surface area contributed by atoms with E-state index >= 15 is 0 Å². The van der Waals surface area contributed by atoms with Gasteiger partial charge in [-0.2, -0.15) is 0 Å². The maximum atomic E-state index is 13.2. The van der Waals surface area contributed by atoms with Crippen molar-refractivity contribution in [3.63, 3.8) is 0 Å². The summed E-state index contributed by atoms with van der Waals surface area (Å²) in [5.41, 5.74) is 24.2. The molecule has 0 heterocycles. The highest BCUT2D eigenvalue weighted by atomic mass is 16.3. The van der Waals surface area contributed by atoms with Crippen LogP contribution in [0.25, 0.3) is 0 Å². The molecule has 0 unspecified atom stereocenters. The number of phenolic OH excluding ortho intramolecular Hbond substituents is 2. The van der Waals surface area contributed by atoms with Gasteiger partial charge in [0.1, 0.15) is 17.8 Å². The predicted molar refractivity (Wildman–Crippen MR) is 158 cm³/mol. The fourth-order valence-corrected chi connectivity index (χ4v) is 4.12. The van der Waals surface area contributed by atoms with Crippen molar-refractivity contribution in [2.75, 3.05) is 13.2 Å². The van der Waals surface area contributed by atoms with Gasteiger partial charge in [0, 0.05) is 6.67 Å². The molecule has 0 aromatic heterocycles. The molecule has 13 N–H and O–H groups in total. The van der Waals surface area contributed by atoms with Gasteiger partial charge in [0.25, 0.3) is 0 Å². The van der Waals surface area contributed by atoms with E-state index in [9.17, 15) is 29.4 Å². The average Bonchev–Trinajstić information content (AvgIpc) is 2.95. The van der Waals surface area contributed by atoms with Gasteiger partial charge in [-0.15, -0.1) is 0 Å². The molecule has 0 saturated heterocycles. The number of ketones is 4. The summed E-state index contributed by atoms with van der Waals surface area (Å²) in [6.45, 7) is 2.06. The Morgan fingerprint density at radius 3 is 1.81 bits per heavy atom. The molecular formula is C29H43N7O6. The molecule has 2 aromatic rings. The fourth-order valence-electron chi connectivity index (χ4n) is 4.12. The van der Waals surface area contributed by atoms with E-state index in [1.807, 2.05) is 0 Å². The highest BCUT2D eigenvalue weighted by molar-refractivity contribution is 6.41. The number of nitrogens with two attached hydrogens (primary N) is 4. The standard InChI is InChI=1S/C29H43N7O6/c1-17(25(39)15-26(40)22(30)3-2-12-34-29(32)33)35-16-36-24(14-19-6-10-21(38)11-7-19)28(42)27(41)23(31)13-18-4-8-20(37)9-5-18/h4-11,17,22-24,29,34-38H,2-3,12-16,30-33H2,1H3/t17-,22-,23-,24-/m0/s1. The van der Waals surface area contributed by atoms with Crippen molar-refractivity contribution in [2.24, 2.45) is 22.9 Å². The molecule has 0 radical (unpaired) electrons. The van der Waals surface area contributed by atoms with E-state index in [0.29, 0.717) is 30.5 Å². The molecule has 0 spiro atoms. The zero-order valence-electron chi connectivity index (χ0n) is 23.8. The normalized spacial score (nSPS) is 14.2. The Labute approximate surface area is 245 Å². The van der Waals surface area contributed by atoms with Crippen LogP contribution < -0.4 is 38.9 Å². The Morgan fingerprint density at radius 1 is 0.714 bits per heavy atom. The van der Waals surface area contributed by atoms with Crippen LogP contribution in [-0.4, -0.2) is 77.0 Å². The van der Waals surface area contributed by atoms with Gasteiger partial charge in [0.15, 0.2) is 11.6 Å². The third kappa shape index (κ3) is 12.1. The van der Waals surface area contributed by atoms with Gasteiger partial charge in [-0.1, -0.05) is 24.3 Å². The van der Waals surface area contributed by atoms with E-state index in [1.54, 1.807) is 31.2 Å². The fraction of sp³-hybridized carbons (Fsp3) is 0.448. The third-order valence-corrected chi connectivity index (χ3v) is 6.74. The van der Waals surface area contributed by atoms with Crippen LogP contribution in [0.2, 0.25) is 0 Å². The van der Waals surface area contributed by atoms with Crippen LogP contribution in [0.5, 0.6) is 11.5 Å². The van der Waals surface area contributed by atoms with E-state index in [4.69, 9.17) is 22.9 Å². The van der Waals surface area contributed by atoms with E-state index in [-0.39, 0.29) is 49.0 Å². The van der Waals surface area contributed by atoms with E-state index in [1.165, 1.54) is 24.3 Å². The van der Waals surface area contributed by atoms with Crippen molar-refractivity contribution < 1.29 is 29.4 Å². The van der Waals surface area contributed by atoms with Gasteiger partial charge in [-0.3, -0.25) is 35.1 Å². The van der Waals surface area contributed by atoms with Crippen LogP contribution in [0.1, 0.15) is 37.3 Å². The second-order valence-electron chi connectivity index (χ2n) is 10.3. The summed E-state index contributed by atoms with van der Waals surface area (Å²) in [6.07, 6.45) is 0.164. The van der Waals surface area contributed by atoms with Crippen LogP contribution in [0.15, 0.2) is 48.5 Å². The minimum absolute atomic E-state index is 0.0207. The first kappa shape index (κ1) is 34.6. The topological polar surface area (TPSA) is 249 Å². The lowest BCUT2D eigenvalue weighted by Crippen LogP contribution is -2.52. The van der Waals surface area contributed by atoms with Gasteiger partial charge in [-0.05, 0) is 74.5 Å². The summed E-state index contributed by atoms with van der Waals surface area (Å²) in [7, 11) is 0. The third-order valence-electron chi connectivity index (χ3n) is 6.74. The minimum atomic E-state index is -1.10. The first-order chi connectivity index (χ1) is 19.9. The van der Waals surface area contributed by atoms with Crippen LogP contribution in [-0.2, 0) is 32.0 Å². The predicted octanol–water partition coefficient (Wildman–Crippen LogP) is -1.33. The molecule has 0 fully saturated rings. The number of carbonyl (C=O) groups excluding carboxylic acids is 4. The number of hydrogen-bond acceptors (Lipinski definition) is 13. The Balaban J connectivity index is 1.95. The first-order valence-electron chi connectivity index (χ1n) is 13.8. The minimum Gasteiger partial charge on any atom is -0.508 e. The summed E-state index contributed by atoms with van der Waals surface area (Å²) >= 11 is 0. The highest BCUT2D eigenvalue weighted by Crippen LogP contribution is 2.14. The summed E-state index contributed by atoms with van der Waals surface area (Å²) in [5, 5.41) is 27.8. The van der Waals surface area contributed by atoms with Crippen molar-refractivity contribution in [3.05, 3.63) is 59.7 Å². The second kappa shape index (κ2) is 17.4. The zero-order valence-corrected chi connectivity index (χ0v) is 23.8. The SMILES string of the molecule is C[C@H](NCN[C@@H](Cc1ccc(O)cc1)C(=O)C(=O)[C@@H](N)Cc1ccc(O)cc1)C(=O)CC(=O)[C@@H](N)CCCNC(N)N. The van der Waals surface area contributed by atoms with Gasteiger partial charge < -0.3 is 33.1 Å². The molecule has 0 bridgehead atoms. The Hall–Kier alpha value is -3.56. The number of Topliss-reactive ketones (excluding diaryl/α,β-unsaturated/α-hetero) is 4. The molecule has 230 valence electrons. The van der Waals surface area contributed by atoms with Crippen molar-refractivity contribution in [3.8, 4) is 11.5 Å². The Morgan fingerprint density at radius 2 is 1.26 bits per heavy atom. The van der Waals surface area contributed by atoms with Gasteiger partial charge >= 0.3 is 0 Å². The monoisotopic (exact) mass is 585 g/mol. The maximum absolute atomic E-state index is 13.2. The number of phenols is 2. The van der Waals surface area contributed by atoms with Crippen molar-refractivity contribution in [1.29, 1.82) is 0 Å². The number of aromatic hydroxyl groups is 2. The van der Waals surface area contributed by atoms with Crippen molar-refractivity contribution >= 4 is 23.1 Å². The number of rotatable bonds is 20. The number of hydrogen-bond donors (Lipinski definition) is 9. The van der Waals surface area contributed by atoms with E-state index in [2.05, 4.69) is 16.0 Å². The molecular weight excluding hydrogens is 542 g/mol. The van der Waals surface area contributed by atoms with Crippen LogP contribution >= 0.6 is 0 Å². The second-order valence-corrected chi connectivity index (χ2v) is 10.3. The zero-order chi connectivity index (χ0) is 31.2. The largest absolute Gasteiger partial charge is 0.508 e. The summed E-state index contributed by atoms with van der Waals surface area (Å²) < 4.78 is 0. The molecule has 13 heteroatoms. The smallest absolute Gasteiger partial charge is 0.217 e. The summed E-state index contributed by atoms with van der Waals surface area (Å²) in [5.74, 6) is -2.13. The van der Waals surface area contributed by atoms with Crippen LogP contribution in [0, 0.1) is 0 Å². The van der Waals surface area contributed by atoms with E-state index in [0.717, 1.165) is 0 Å². The van der Waals surface area contributed by atoms with Gasteiger partial charge in [0.2, 0.25) is 11.6 Å². The number of nitrogens with one attached hydrogen (secondary N) is 3. The highest BCUT2D eigenvalue weighted by Gasteiger charge is 2.30. The first-order valence-corrected chi connectivity index (χ1v) is 13.8. The Bertz CT molecular complexity index is 1170. The summed E-state index contributed by atoms with van der Waals surface area (Å²) in [6, 6.07) is 8.78. The van der Waals surface area contributed by atoms with Crippen molar-refractivity contribution in [2.45, 2.75) is 69.5 Å². The lowest BCUT2D eigenvalue weighted by atomic mass is 9.94. The molecule has 42 heavy (non-hydrogen) atoms. The molecule has 2 aromatic carbocycles. The number of benzene rings is 2. The van der Waals surface area contributed by atoms with Crippen molar-refractivity contribution in [1.82, 2.24) is 16.0 Å². The quantitative estimate of drug-likeness (QED) is 0.0378. The van der Waals surface area contributed by atoms with Crippen LogP contribution in [0.4, 0.5) is 0 Å². The summed E-state index contributed by atoms with van der Waals surface area (Å²) in [4.78, 5) is 51.2. The molecule has 0 aliphatic heterocycles. The lowest BCUT2D eigenvalue weighted by Gasteiger charge is -2.21. The Kier molecular flexibility index (Phi) is 14.4. The van der Waals surface area contributed by atoms with Gasteiger partial charge in [0.05, 0.1) is 30.6 Å². The molecule has 13 nitrogen and oxygen atoms in total. The van der Waals surface area contributed by atoms with E-state index < -0.39 is 42.0 Å². The molecule has 0 saturated carbocycles. The molecule has 4 atom stereocenters. The number of carbonyl (C=O) groups is 4. The maximum Gasteiger partial charge on any atom is 0.217 e. The lowest BCUT2D eigenvalue weighted by molar-refractivity contribution is -0.138. The van der Waals surface area contributed by atoms with Crippen LogP contribution in [0.3, 0.4) is 0 Å². The average molecular weight is 586 g/mol. The molecule has 2 rings (SSSR count).